The van der Waals surface area contributed by atoms with Crippen LogP contribution in [0, 0.1) is 0 Å². The third-order valence-electron chi connectivity index (χ3n) is 3.48. The fourth-order valence-corrected chi connectivity index (χ4v) is 3.24. The van der Waals surface area contributed by atoms with E-state index in [4.69, 9.17) is 0 Å². The van der Waals surface area contributed by atoms with E-state index in [2.05, 4.69) is 20.5 Å². The van der Waals surface area contributed by atoms with Gasteiger partial charge in [-0.25, -0.2) is 0 Å². The average Bonchev–Trinajstić information content (AvgIpc) is 3.26. The number of thiazole rings is 1. The topological polar surface area (TPSA) is 50.0 Å². The third kappa shape index (κ3) is 1.89. The lowest BCUT2D eigenvalue weighted by Crippen LogP contribution is -2.42. The molecule has 3 aromatic rings. The van der Waals surface area contributed by atoms with Crippen molar-refractivity contribution in [2.45, 2.75) is 0 Å². The number of amidine groups is 1. The van der Waals surface area contributed by atoms with E-state index in [1.165, 1.54) is 11.3 Å². The first-order valence-electron chi connectivity index (χ1n) is 6.82. The van der Waals surface area contributed by atoms with E-state index in [0.29, 0.717) is 0 Å². The summed E-state index contributed by atoms with van der Waals surface area (Å²) in [5.41, 5.74) is 1.94. The van der Waals surface area contributed by atoms with Crippen molar-refractivity contribution >= 4 is 28.0 Å². The van der Waals surface area contributed by atoms with Crippen LogP contribution in [0.5, 0.6) is 0 Å². The number of hydrogen-bond acceptors (Lipinski definition) is 5. The molecule has 2 heterocycles. The van der Waals surface area contributed by atoms with Gasteiger partial charge >= 0.3 is 5.13 Å². The van der Waals surface area contributed by atoms with E-state index in [0.717, 1.165) is 22.2 Å². The quantitative estimate of drug-likeness (QED) is 0.656. The summed E-state index contributed by atoms with van der Waals surface area (Å²) in [5, 5.41) is 15.5. The molecule has 2 aromatic carbocycles. The smallest absolute Gasteiger partial charge is 0.191 e. The van der Waals surface area contributed by atoms with E-state index in [1.807, 2.05) is 66.0 Å². The van der Waals surface area contributed by atoms with Crippen molar-refractivity contribution in [1.82, 2.24) is 9.58 Å². The predicted molar refractivity (Wildman–Crippen MR) is 87.8 cm³/mol. The van der Waals surface area contributed by atoms with Crippen molar-refractivity contribution in [2.75, 3.05) is 0 Å². The van der Waals surface area contributed by atoms with E-state index < -0.39 is 0 Å². The van der Waals surface area contributed by atoms with E-state index in [9.17, 15) is 0 Å². The molecule has 4 rings (SSSR count). The van der Waals surface area contributed by atoms with Crippen LogP contribution in [0.2, 0.25) is 0 Å². The van der Waals surface area contributed by atoms with Crippen LogP contribution in [0.1, 0.15) is 5.56 Å². The van der Waals surface area contributed by atoms with Crippen molar-refractivity contribution in [1.29, 1.82) is 0 Å². The minimum Gasteiger partial charge on any atom is -0.191 e. The number of aromatic nitrogens is 1. The largest absolute Gasteiger partial charge is 0.326 e. The third-order valence-corrected chi connectivity index (χ3v) is 4.32. The zero-order chi connectivity index (χ0) is 14.8. The molecule has 1 unspecified atom stereocenters. The van der Waals surface area contributed by atoms with Crippen molar-refractivity contribution in [3.8, 4) is 0 Å². The predicted octanol–water partition coefficient (Wildman–Crippen LogP) is 4.52. The first kappa shape index (κ1) is 13.0. The summed E-state index contributed by atoms with van der Waals surface area (Å²) in [7, 11) is 0. The molecule has 0 bridgehead atoms. The monoisotopic (exact) mass is 306 g/mol. The summed E-state index contributed by atoms with van der Waals surface area (Å²) in [6, 6.07) is 20.0. The molecular formula is C16H12N5S+. The molecule has 1 aliphatic rings. The van der Waals surface area contributed by atoms with Gasteiger partial charge in [0.1, 0.15) is 0 Å². The molecule has 0 saturated heterocycles. The lowest BCUT2D eigenvalue weighted by Gasteiger charge is -2.23. The van der Waals surface area contributed by atoms with Gasteiger partial charge in [0, 0.05) is 28.9 Å². The molecule has 1 atom stereocenters. The van der Waals surface area contributed by atoms with E-state index in [-0.39, 0.29) is 4.59 Å². The Morgan fingerprint density at radius 2 is 1.59 bits per heavy atom. The Kier molecular flexibility index (Phi) is 3.10. The molecule has 0 aliphatic carbocycles. The van der Waals surface area contributed by atoms with Crippen LogP contribution in [0.4, 0.5) is 10.8 Å². The van der Waals surface area contributed by atoms with Crippen molar-refractivity contribution in [3.05, 3.63) is 77.8 Å². The van der Waals surface area contributed by atoms with Crippen LogP contribution in [-0.2, 0) is 0 Å². The molecule has 1 aromatic heterocycles. The second kappa shape index (κ2) is 5.25. The minimum atomic E-state index is 0.0719. The van der Waals surface area contributed by atoms with Crippen molar-refractivity contribution in [3.63, 3.8) is 0 Å². The van der Waals surface area contributed by atoms with Gasteiger partial charge in [-0.3, -0.25) is 0 Å². The summed E-state index contributed by atoms with van der Waals surface area (Å²) in [6.45, 7) is 0. The van der Waals surface area contributed by atoms with Gasteiger partial charge < -0.3 is 0 Å². The number of quaternary nitrogens is 1. The van der Waals surface area contributed by atoms with Crippen LogP contribution in [0.25, 0.3) is 0 Å². The Morgan fingerprint density at radius 3 is 2.27 bits per heavy atom. The maximum absolute atomic E-state index is 4.48. The van der Waals surface area contributed by atoms with Gasteiger partial charge in [-0.15, -0.1) is 0 Å². The summed E-state index contributed by atoms with van der Waals surface area (Å²) in [6.07, 6.45) is 1.78. The second-order valence-corrected chi connectivity index (χ2v) is 5.63. The number of para-hydroxylation sites is 1. The Bertz CT molecular complexity index is 827. The number of benzene rings is 2. The molecule has 6 heteroatoms. The Morgan fingerprint density at radius 1 is 0.864 bits per heavy atom. The molecule has 0 amide bonds. The molecule has 0 saturated carbocycles. The second-order valence-electron chi connectivity index (χ2n) is 4.75. The maximum Gasteiger partial charge on any atom is 0.326 e. The van der Waals surface area contributed by atoms with Crippen LogP contribution in [-0.4, -0.2) is 10.8 Å². The van der Waals surface area contributed by atoms with Gasteiger partial charge in [0.15, 0.2) is 5.69 Å². The number of hydrogen-bond donors (Lipinski definition) is 0. The van der Waals surface area contributed by atoms with Gasteiger partial charge in [0.25, 0.3) is 5.84 Å². The van der Waals surface area contributed by atoms with Gasteiger partial charge in [-0.1, -0.05) is 52.8 Å². The molecule has 5 nitrogen and oxygen atoms in total. The van der Waals surface area contributed by atoms with Gasteiger partial charge in [-0.05, 0) is 16.7 Å². The standard InChI is InChI=1S/C16H12N5S/c1-3-7-13(8-4-1)15-18-19-20-21(15,16-17-11-12-22-16)14-9-5-2-6-10-14/h1-12H/q+1. The lowest BCUT2D eigenvalue weighted by molar-refractivity contribution is 0.572. The van der Waals surface area contributed by atoms with E-state index in [1.54, 1.807) is 6.20 Å². The summed E-state index contributed by atoms with van der Waals surface area (Å²) in [5.74, 6) is 0.752. The Balaban J connectivity index is 1.97. The molecule has 0 radical (unpaired) electrons. The Hall–Kier alpha value is -2.70. The maximum atomic E-state index is 4.48. The van der Waals surface area contributed by atoms with Gasteiger partial charge in [-0.2, -0.15) is 4.98 Å². The molecule has 0 N–H and O–H groups in total. The first-order chi connectivity index (χ1) is 10.9. The van der Waals surface area contributed by atoms with Crippen LogP contribution in [0.3, 0.4) is 0 Å². The number of rotatable bonds is 3. The molecule has 106 valence electrons. The van der Waals surface area contributed by atoms with Crippen LogP contribution in [0.15, 0.2) is 87.8 Å². The molecular weight excluding hydrogens is 294 g/mol. The Labute approximate surface area is 131 Å². The van der Waals surface area contributed by atoms with Gasteiger partial charge in [0.2, 0.25) is 0 Å². The van der Waals surface area contributed by atoms with Crippen molar-refractivity contribution < 1.29 is 0 Å². The fourth-order valence-electron chi connectivity index (χ4n) is 2.49. The van der Waals surface area contributed by atoms with Crippen LogP contribution < -0.4 is 4.59 Å². The molecule has 0 spiro atoms. The highest BCUT2D eigenvalue weighted by Gasteiger charge is 2.48. The lowest BCUT2D eigenvalue weighted by atomic mass is 10.1. The normalized spacial score (nSPS) is 20.1. The number of nitrogens with zero attached hydrogens (tertiary/aromatic N) is 5. The average molecular weight is 306 g/mol. The summed E-state index contributed by atoms with van der Waals surface area (Å²) < 4.78 is 0.0719. The minimum absolute atomic E-state index is 0.0719. The van der Waals surface area contributed by atoms with E-state index >= 15 is 0 Å². The zero-order valence-corrected chi connectivity index (χ0v) is 12.4. The highest BCUT2D eigenvalue weighted by Crippen LogP contribution is 2.41. The fraction of sp³-hybridized carbons (Fsp3) is 0. The summed E-state index contributed by atoms with van der Waals surface area (Å²) in [4.78, 5) is 4.48. The molecule has 0 fully saturated rings. The SMILES string of the molecule is c1ccc(C2=NN=N[N+]2(c2ccccc2)c2nccs2)cc1. The highest BCUT2D eigenvalue weighted by atomic mass is 32.1. The molecule has 22 heavy (non-hydrogen) atoms. The highest BCUT2D eigenvalue weighted by molar-refractivity contribution is 7.13. The molecule has 1 aliphatic heterocycles. The van der Waals surface area contributed by atoms with Gasteiger partial charge in [0.05, 0.1) is 10.8 Å². The van der Waals surface area contributed by atoms with Crippen molar-refractivity contribution in [2.24, 2.45) is 15.5 Å². The van der Waals surface area contributed by atoms with Crippen LogP contribution >= 0.6 is 11.3 Å². The zero-order valence-electron chi connectivity index (χ0n) is 11.6. The first-order valence-corrected chi connectivity index (χ1v) is 7.70. The summed E-state index contributed by atoms with van der Waals surface area (Å²) >= 11 is 1.54.